The summed E-state index contributed by atoms with van der Waals surface area (Å²) in [7, 11) is 0.396. The predicted octanol–water partition coefficient (Wildman–Crippen LogP) is 1.93. The van der Waals surface area contributed by atoms with E-state index in [1.807, 2.05) is 13.8 Å². The third-order valence-corrected chi connectivity index (χ3v) is 3.96. The zero-order valence-corrected chi connectivity index (χ0v) is 8.12. The maximum Gasteiger partial charge on any atom is 0.135 e. The van der Waals surface area contributed by atoms with E-state index in [4.69, 9.17) is 0 Å². The summed E-state index contributed by atoms with van der Waals surface area (Å²) in [5.41, 5.74) is 0. The van der Waals surface area contributed by atoms with Crippen LogP contribution >= 0.6 is 10.5 Å². The van der Waals surface area contributed by atoms with Gasteiger partial charge in [-0.15, -0.1) is 0 Å². The van der Waals surface area contributed by atoms with E-state index in [0.29, 0.717) is 22.2 Å². The van der Waals surface area contributed by atoms with Crippen molar-refractivity contribution in [3.05, 3.63) is 0 Å². The average molecular weight is 172 g/mol. The van der Waals surface area contributed by atoms with E-state index in [2.05, 4.69) is 5.87 Å². The van der Waals surface area contributed by atoms with E-state index in [0.717, 1.165) is 6.42 Å². The molecule has 1 aliphatic rings. The molecule has 0 saturated carbocycles. The minimum absolute atomic E-state index is 0.224. The molecule has 0 aromatic rings. The lowest BCUT2D eigenvalue weighted by atomic mass is 9.99. The fourth-order valence-electron chi connectivity index (χ4n) is 1.26. The summed E-state index contributed by atoms with van der Waals surface area (Å²) in [6, 6.07) is 0. The van der Waals surface area contributed by atoms with Gasteiger partial charge in [0.25, 0.3) is 0 Å². The standard InChI is InChI=1S/C9H16OS/c1-7(2)9(10)4-8-5-11(3)6-8/h7-8H,3-6H2,1-2H3. The lowest BCUT2D eigenvalue weighted by molar-refractivity contribution is -0.122. The lowest BCUT2D eigenvalue weighted by Gasteiger charge is -2.29. The van der Waals surface area contributed by atoms with Crippen molar-refractivity contribution in [2.75, 3.05) is 11.5 Å². The van der Waals surface area contributed by atoms with Crippen LogP contribution in [-0.4, -0.2) is 23.2 Å². The van der Waals surface area contributed by atoms with Crippen molar-refractivity contribution in [2.45, 2.75) is 20.3 Å². The number of Topliss-reactive ketones (excluding diaryl/α,β-unsaturated/α-hetero) is 1. The molecule has 0 aromatic heterocycles. The van der Waals surface area contributed by atoms with E-state index in [-0.39, 0.29) is 5.92 Å². The smallest absolute Gasteiger partial charge is 0.135 e. The van der Waals surface area contributed by atoms with E-state index in [9.17, 15) is 4.79 Å². The average Bonchev–Trinajstić information content (AvgIpc) is 1.84. The summed E-state index contributed by atoms with van der Waals surface area (Å²) in [5, 5.41) is 0. The van der Waals surface area contributed by atoms with Crippen molar-refractivity contribution in [1.82, 2.24) is 0 Å². The van der Waals surface area contributed by atoms with Gasteiger partial charge in [-0.2, -0.15) is 10.5 Å². The highest BCUT2D eigenvalue weighted by Crippen LogP contribution is 2.33. The van der Waals surface area contributed by atoms with Crippen LogP contribution in [0, 0.1) is 11.8 Å². The predicted molar refractivity (Wildman–Crippen MR) is 52.4 cm³/mol. The zero-order valence-electron chi connectivity index (χ0n) is 7.30. The highest BCUT2D eigenvalue weighted by atomic mass is 32.2. The second-order valence-electron chi connectivity index (χ2n) is 3.64. The molecule has 1 aliphatic heterocycles. The molecule has 2 heteroatoms. The molecule has 0 spiro atoms. The van der Waals surface area contributed by atoms with E-state index in [1.165, 1.54) is 11.5 Å². The van der Waals surface area contributed by atoms with Crippen LogP contribution in [0.3, 0.4) is 0 Å². The molecule has 0 radical (unpaired) electrons. The second kappa shape index (κ2) is 3.53. The molecule has 1 rings (SSSR count). The maximum absolute atomic E-state index is 11.2. The molecule has 1 fully saturated rings. The molecule has 0 amide bonds. The second-order valence-corrected chi connectivity index (χ2v) is 5.53. The van der Waals surface area contributed by atoms with Crippen LogP contribution < -0.4 is 0 Å². The van der Waals surface area contributed by atoms with Crippen molar-refractivity contribution in [3.63, 3.8) is 0 Å². The quantitative estimate of drug-likeness (QED) is 0.594. The topological polar surface area (TPSA) is 17.1 Å². The summed E-state index contributed by atoms with van der Waals surface area (Å²) in [4.78, 5) is 11.2. The van der Waals surface area contributed by atoms with Gasteiger partial charge >= 0.3 is 0 Å². The molecule has 0 N–H and O–H groups in total. The van der Waals surface area contributed by atoms with Crippen LogP contribution in [0.2, 0.25) is 0 Å². The van der Waals surface area contributed by atoms with Gasteiger partial charge in [-0.25, -0.2) is 0 Å². The fraction of sp³-hybridized carbons (Fsp3) is 0.778. The first kappa shape index (κ1) is 8.98. The van der Waals surface area contributed by atoms with Gasteiger partial charge in [-0.1, -0.05) is 19.7 Å². The van der Waals surface area contributed by atoms with Crippen LogP contribution in [0.25, 0.3) is 0 Å². The highest BCUT2D eigenvalue weighted by Gasteiger charge is 2.23. The van der Waals surface area contributed by atoms with Crippen molar-refractivity contribution >= 4 is 22.1 Å². The van der Waals surface area contributed by atoms with Crippen LogP contribution in [0.4, 0.5) is 0 Å². The van der Waals surface area contributed by atoms with E-state index >= 15 is 0 Å². The first-order valence-corrected chi connectivity index (χ1v) is 5.82. The summed E-state index contributed by atoms with van der Waals surface area (Å²) >= 11 is 0. The molecular formula is C9H16OS. The van der Waals surface area contributed by atoms with Crippen molar-refractivity contribution < 1.29 is 4.79 Å². The summed E-state index contributed by atoms with van der Waals surface area (Å²) in [6.07, 6.45) is 0.802. The van der Waals surface area contributed by atoms with E-state index in [1.54, 1.807) is 0 Å². The lowest BCUT2D eigenvalue weighted by Crippen LogP contribution is -2.25. The Hall–Kier alpha value is -0.110. The molecule has 11 heavy (non-hydrogen) atoms. The fourth-order valence-corrected chi connectivity index (χ4v) is 2.73. The van der Waals surface area contributed by atoms with Gasteiger partial charge in [0, 0.05) is 12.3 Å². The minimum atomic E-state index is 0.224. The maximum atomic E-state index is 11.2. The Morgan fingerprint density at radius 3 is 2.55 bits per heavy atom. The number of hydrogen-bond donors (Lipinski definition) is 0. The first-order valence-electron chi connectivity index (χ1n) is 4.09. The Morgan fingerprint density at radius 1 is 1.64 bits per heavy atom. The number of carbonyl (C=O) groups is 1. The molecule has 64 valence electrons. The van der Waals surface area contributed by atoms with Crippen molar-refractivity contribution in [2.24, 2.45) is 11.8 Å². The van der Waals surface area contributed by atoms with Crippen LogP contribution in [0.5, 0.6) is 0 Å². The molecule has 0 atom stereocenters. The van der Waals surface area contributed by atoms with Crippen LogP contribution in [-0.2, 0) is 4.79 Å². The number of ketones is 1. The third kappa shape index (κ3) is 2.44. The van der Waals surface area contributed by atoms with Crippen molar-refractivity contribution in [1.29, 1.82) is 0 Å². The van der Waals surface area contributed by atoms with Crippen molar-refractivity contribution in [3.8, 4) is 0 Å². The minimum Gasteiger partial charge on any atom is -0.299 e. The summed E-state index contributed by atoms with van der Waals surface area (Å²) in [5.74, 6) is 7.67. The largest absolute Gasteiger partial charge is 0.299 e. The molecule has 0 aromatic carbocycles. The Labute approximate surface area is 71.1 Å². The Kier molecular flexibility index (Phi) is 2.88. The Bertz CT molecular complexity index is 176. The van der Waals surface area contributed by atoms with Gasteiger partial charge in [-0.05, 0) is 17.4 Å². The van der Waals surface area contributed by atoms with Gasteiger partial charge in [-0.3, -0.25) is 4.79 Å². The molecule has 1 saturated heterocycles. The Morgan fingerprint density at radius 2 is 2.18 bits per heavy atom. The summed E-state index contributed by atoms with van der Waals surface area (Å²) < 4.78 is 0. The Balaban J connectivity index is 2.22. The van der Waals surface area contributed by atoms with Gasteiger partial charge in [0.1, 0.15) is 5.78 Å². The molecule has 0 unspecified atom stereocenters. The number of hydrogen-bond acceptors (Lipinski definition) is 1. The van der Waals surface area contributed by atoms with Gasteiger partial charge in [0.2, 0.25) is 0 Å². The van der Waals surface area contributed by atoms with Gasteiger partial charge < -0.3 is 0 Å². The normalized spacial score (nSPS) is 30.1. The van der Waals surface area contributed by atoms with E-state index < -0.39 is 0 Å². The monoisotopic (exact) mass is 172 g/mol. The first-order chi connectivity index (χ1) is 5.09. The SMILES string of the molecule is C=S1CC(CC(=O)C(C)C)C1. The highest BCUT2D eigenvalue weighted by molar-refractivity contribution is 8.15. The molecule has 0 aliphatic carbocycles. The van der Waals surface area contributed by atoms with Gasteiger partial charge in [0.15, 0.2) is 0 Å². The van der Waals surface area contributed by atoms with Gasteiger partial charge in [0.05, 0.1) is 0 Å². The summed E-state index contributed by atoms with van der Waals surface area (Å²) in [6.45, 7) is 3.95. The molecular weight excluding hydrogens is 156 g/mol. The zero-order chi connectivity index (χ0) is 8.43. The molecule has 0 bridgehead atoms. The third-order valence-electron chi connectivity index (χ3n) is 2.08. The van der Waals surface area contributed by atoms with Crippen LogP contribution in [0.15, 0.2) is 0 Å². The van der Waals surface area contributed by atoms with Crippen LogP contribution in [0.1, 0.15) is 20.3 Å². The molecule has 1 nitrogen and oxygen atoms in total. The number of rotatable bonds is 3. The number of carbonyl (C=O) groups excluding carboxylic acids is 1. The molecule has 1 heterocycles.